The number of carbonyl (C=O) groups is 1. The van der Waals surface area contributed by atoms with E-state index < -0.39 is 5.97 Å². The highest BCUT2D eigenvalue weighted by molar-refractivity contribution is 6.32. The second-order valence-electron chi connectivity index (χ2n) is 4.15. The molecule has 2 rings (SSSR count). The summed E-state index contributed by atoms with van der Waals surface area (Å²) in [6.45, 7) is 0.0406. The van der Waals surface area contributed by atoms with E-state index in [0.717, 1.165) is 0 Å². The number of halogens is 1. The standard InChI is InChI=1S/C15H12ClNO5/c1-19-13-6-9(7-17)5-11(16)14(13)21-8-10-3-4-12(22-10)15(18)20-2/h3-6H,8H2,1-2H3. The third kappa shape index (κ3) is 3.32. The van der Waals surface area contributed by atoms with Crippen molar-refractivity contribution in [3.63, 3.8) is 0 Å². The predicted octanol–water partition coefficient (Wildman–Crippen LogP) is 3.18. The average Bonchev–Trinajstić information content (AvgIpc) is 3.01. The van der Waals surface area contributed by atoms with Gasteiger partial charge in [0, 0.05) is 6.07 Å². The van der Waals surface area contributed by atoms with Crippen molar-refractivity contribution < 1.29 is 23.4 Å². The van der Waals surface area contributed by atoms with E-state index >= 15 is 0 Å². The maximum absolute atomic E-state index is 11.3. The molecule has 7 heteroatoms. The Morgan fingerprint density at radius 1 is 1.36 bits per heavy atom. The van der Waals surface area contributed by atoms with Gasteiger partial charge in [0.15, 0.2) is 11.5 Å². The van der Waals surface area contributed by atoms with Gasteiger partial charge in [0.25, 0.3) is 0 Å². The van der Waals surface area contributed by atoms with Crippen molar-refractivity contribution in [1.82, 2.24) is 0 Å². The fraction of sp³-hybridized carbons (Fsp3) is 0.200. The van der Waals surface area contributed by atoms with E-state index in [1.54, 1.807) is 6.07 Å². The van der Waals surface area contributed by atoms with Gasteiger partial charge >= 0.3 is 5.97 Å². The number of hydrogen-bond acceptors (Lipinski definition) is 6. The van der Waals surface area contributed by atoms with Crippen LogP contribution in [0.4, 0.5) is 0 Å². The van der Waals surface area contributed by atoms with E-state index in [2.05, 4.69) is 4.74 Å². The summed E-state index contributed by atoms with van der Waals surface area (Å²) < 4.78 is 20.5. The number of hydrogen-bond donors (Lipinski definition) is 0. The van der Waals surface area contributed by atoms with Gasteiger partial charge in [-0.25, -0.2) is 4.79 Å². The number of methoxy groups -OCH3 is 2. The Morgan fingerprint density at radius 3 is 2.77 bits per heavy atom. The van der Waals surface area contributed by atoms with Gasteiger partial charge in [-0.1, -0.05) is 11.6 Å². The molecule has 22 heavy (non-hydrogen) atoms. The van der Waals surface area contributed by atoms with Crippen LogP contribution < -0.4 is 9.47 Å². The van der Waals surface area contributed by atoms with Gasteiger partial charge in [0.2, 0.25) is 5.76 Å². The van der Waals surface area contributed by atoms with Crippen LogP contribution in [-0.2, 0) is 11.3 Å². The van der Waals surface area contributed by atoms with Crippen LogP contribution in [0.15, 0.2) is 28.7 Å². The van der Waals surface area contributed by atoms with Crippen LogP contribution in [0.5, 0.6) is 11.5 Å². The maximum atomic E-state index is 11.3. The number of furan rings is 1. The topological polar surface area (TPSA) is 81.7 Å². The molecular weight excluding hydrogens is 310 g/mol. The molecule has 1 heterocycles. The van der Waals surface area contributed by atoms with Gasteiger partial charge in [-0.05, 0) is 18.2 Å². The zero-order chi connectivity index (χ0) is 16.1. The molecule has 0 N–H and O–H groups in total. The molecule has 6 nitrogen and oxygen atoms in total. The lowest BCUT2D eigenvalue weighted by molar-refractivity contribution is 0.0561. The van der Waals surface area contributed by atoms with Crippen LogP contribution in [0.1, 0.15) is 21.9 Å². The predicted molar refractivity (Wildman–Crippen MR) is 77.1 cm³/mol. The van der Waals surface area contributed by atoms with Gasteiger partial charge in [0.05, 0.1) is 30.9 Å². The van der Waals surface area contributed by atoms with Gasteiger partial charge < -0.3 is 18.6 Å². The van der Waals surface area contributed by atoms with Crippen molar-refractivity contribution in [3.05, 3.63) is 46.4 Å². The van der Waals surface area contributed by atoms with Crippen molar-refractivity contribution in [2.45, 2.75) is 6.61 Å². The highest BCUT2D eigenvalue weighted by atomic mass is 35.5. The van der Waals surface area contributed by atoms with E-state index in [-0.39, 0.29) is 17.4 Å². The lowest BCUT2D eigenvalue weighted by Gasteiger charge is -2.11. The molecule has 0 aliphatic rings. The molecule has 1 aromatic heterocycles. The molecule has 0 amide bonds. The SMILES string of the molecule is COC(=O)c1ccc(COc2c(Cl)cc(C#N)cc2OC)o1. The second kappa shape index (κ2) is 6.87. The molecule has 0 radical (unpaired) electrons. The lowest BCUT2D eigenvalue weighted by atomic mass is 10.2. The van der Waals surface area contributed by atoms with Crippen LogP contribution in [0.25, 0.3) is 0 Å². The summed E-state index contributed by atoms with van der Waals surface area (Å²) >= 11 is 6.08. The summed E-state index contributed by atoms with van der Waals surface area (Å²) in [5, 5.41) is 9.14. The first kappa shape index (κ1) is 15.7. The highest BCUT2D eigenvalue weighted by Gasteiger charge is 2.15. The number of carbonyl (C=O) groups excluding carboxylic acids is 1. The Balaban J connectivity index is 2.16. The van der Waals surface area contributed by atoms with Gasteiger partial charge in [-0.15, -0.1) is 0 Å². The summed E-state index contributed by atoms with van der Waals surface area (Å²) in [5.41, 5.74) is 0.361. The Bertz CT molecular complexity index is 732. The Morgan fingerprint density at radius 2 is 2.14 bits per heavy atom. The summed E-state index contributed by atoms with van der Waals surface area (Å²) in [6.07, 6.45) is 0. The second-order valence-corrected chi connectivity index (χ2v) is 4.55. The van der Waals surface area contributed by atoms with Crippen LogP contribution in [0.2, 0.25) is 5.02 Å². The minimum absolute atomic E-state index is 0.0406. The van der Waals surface area contributed by atoms with Crippen molar-refractivity contribution in [1.29, 1.82) is 5.26 Å². The van der Waals surface area contributed by atoms with E-state index in [9.17, 15) is 4.79 Å². The Hall–Kier alpha value is -2.65. The quantitative estimate of drug-likeness (QED) is 0.787. The maximum Gasteiger partial charge on any atom is 0.373 e. The van der Waals surface area contributed by atoms with Crippen LogP contribution >= 0.6 is 11.6 Å². The number of ether oxygens (including phenoxy) is 3. The fourth-order valence-electron chi connectivity index (χ4n) is 1.73. The highest BCUT2D eigenvalue weighted by Crippen LogP contribution is 2.36. The summed E-state index contributed by atoms with van der Waals surface area (Å²) in [6, 6.07) is 8.05. The summed E-state index contributed by atoms with van der Waals surface area (Å²) in [7, 11) is 2.71. The van der Waals surface area contributed by atoms with E-state index in [1.807, 2.05) is 6.07 Å². The van der Waals surface area contributed by atoms with Gasteiger partial charge in [0.1, 0.15) is 12.4 Å². The first-order valence-corrected chi connectivity index (χ1v) is 6.54. The third-order valence-corrected chi connectivity index (χ3v) is 3.05. The number of nitriles is 1. The van der Waals surface area contributed by atoms with Crippen molar-refractivity contribution in [2.24, 2.45) is 0 Å². The average molecular weight is 322 g/mol. The molecule has 0 spiro atoms. The molecule has 0 fully saturated rings. The Kier molecular flexibility index (Phi) is 4.92. The minimum Gasteiger partial charge on any atom is -0.493 e. The van der Waals surface area contributed by atoms with Crippen LogP contribution in [0, 0.1) is 11.3 Å². The molecule has 0 unspecified atom stereocenters. The third-order valence-electron chi connectivity index (χ3n) is 2.77. The molecular formula is C15H12ClNO5. The molecule has 0 saturated heterocycles. The number of benzene rings is 1. The number of esters is 1. The first-order chi connectivity index (χ1) is 10.6. The molecule has 0 aliphatic carbocycles. The van der Waals surface area contributed by atoms with E-state index in [0.29, 0.717) is 22.8 Å². The van der Waals surface area contributed by atoms with Crippen LogP contribution in [-0.4, -0.2) is 20.2 Å². The van der Waals surface area contributed by atoms with Crippen LogP contribution in [0.3, 0.4) is 0 Å². The van der Waals surface area contributed by atoms with Crippen molar-refractivity contribution >= 4 is 17.6 Å². The Labute approximate surface area is 131 Å². The molecule has 0 saturated carbocycles. The molecule has 114 valence electrons. The number of nitrogens with zero attached hydrogens (tertiary/aromatic N) is 1. The molecule has 2 aromatic rings. The van der Waals surface area contributed by atoms with Gasteiger partial charge in [-0.3, -0.25) is 0 Å². The fourth-order valence-corrected chi connectivity index (χ4v) is 2.00. The molecule has 0 aliphatic heterocycles. The normalized spacial score (nSPS) is 9.91. The minimum atomic E-state index is -0.569. The monoisotopic (exact) mass is 321 g/mol. The molecule has 0 atom stereocenters. The first-order valence-electron chi connectivity index (χ1n) is 6.16. The molecule has 1 aromatic carbocycles. The molecule has 0 bridgehead atoms. The smallest absolute Gasteiger partial charge is 0.373 e. The van der Waals surface area contributed by atoms with Gasteiger partial charge in [-0.2, -0.15) is 5.26 Å². The largest absolute Gasteiger partial charge is 0.493 e. The summed E-state index contributed by atoms with van der Waals surface area (Å²) in [5.74, 6) is 0.560. The van der Waals surface area contributed by atoms with Crippen molar-refractivity contribution in [2.75, 3.05) is 14.2 Å². The zero-order valence-corrected chi connectivity index (χ0v) is 12.6. The van der Waals surface area contributed by atoms with E-state index in [1.165, 1.54) is 32.4 Å². The number of rotatable bonds is 5. The van der Waals surface area contributed by atoms with E-state index in [4.69, 9.17) is 30.8 Å². The zero-order valence-electron chi connectivity index (χ0n) is 11.9. The lowest BCUT2D eigenvalue weighted by Crippen LogP contribution is -2.00. The van der Waals surface area contributed by atoms with Crippen molar-refractivity contribution in [3.8, 4) is 17.6 Å². The summed E-state index contributed by atoms with van der Waals surface area (Å²) in [4.78, 5) is 11.3.